The molecular formula is C9H21NO. The zero-order valence-electron chi connectivity index (χ0n) is 7.88. The van der Waals surface area contributed by atoms with E-state index in [9.17, 15) is 5.11 Å². The third-order valence-electron chi connectivity index (χ3n) is 2.19. The molecule has 0 amide bonds. The van der Waals surface area contributed by atoms with Crippen molar-refractivity contribution in [3.8, 4) is 0 Å². The first kappa shape index (κ1) is 10.9. The highest BCUT2D eigenvalue weighted by atomic mass is 16.3. The molecule has 2 nitrogen and oxygen atoms in total. The zero-order chi connectivity index (χ0) is 8.85. The summed E-state index contributed by atoms with van der Waals surface area (Å²) in [7, 11) is 0. The van der Waals surface area contributed by atoms with Crippen LogP contribution in [0.25, 0.3) is 0 Å². The van der Waals surface area contributed by atoms with Crippen molar-refractivity contribution in [1.82, 2.24) is 0 Å². The van der Waals surface area contributed by atoms with Crippen molar-refractivity contribution in [3.05, 3.63) is 0 Å². The van der Waals surface area contributed by atoms with Crippen LogP contribution in [0, 0.1) is 11.8 Å². The topological polar surface area (TPSA) is 46.2 Å². The van der Waals surface area contributed by atoms with Crippen LogP contribution in [0.15, 0.2) is 0 Å². The maximum absolute atomic E-state index is 9.19. The summed E-state index contributed by atoms with van der Waals surface area (Å²) in [5, 5.41) is 9.19. The van der Waals surface area contributed by atoms with E-state index in [2.05, 4.69) is 20.8 Å². The van der Waals surface area contributed by atoms with Crippen LogP contribution >= 0.6 is 0 Å². The molecule has 0 aliphatic heterocycles. The minimum Gasteiger partial charge on any atom is -0.379 e. The molecule has 0 bridgehead atoms. The van der Waals surface area contributed by atoms with Gasteiger partial charge in [-0.25, -0.2) is 0 Å². The molecule has 3 N–H and O–H groups in total. The van der Waals surface area contributed by atoms with Gasteiger partial charge in [-0.15, -0.1) is 0 Å². The molecule has 0 aromatic carbocycles. The zero-order valence-corrected chi connectivity index (χ0v) is 7.88. The van der Waals surface area contributed by atoms with Crippen LogP contribution in [0.4, 0.5) is 0 Å². The van der Waals surface area contributed by atoms with E-state index < -0.39 is 6.23 Å². The van der Waals surface area contributed by atoms with Crippen LogP contribution in [0.5, 0.6) is 0 Å². The molecule has 2 atom stereocenters. The Morgan fingerprint density at radius 1 is 1.36 bits per heavy atom. The van der Waals surface area contributed by atoms with Gasteiger partial charge in [0.05, 0.1) is 0 Å². The summed E-state index contributed by atoms with van der Waals surface area (Å²) < 4.78 is 0. The van der Waals surface area contributed by atoms with Gasteiger partial charge in [0.15, 0.2) is 0 Å². The van der Waals surface area contributed by atoms with Gasteiger partial charge in [-0.05, 0) is 12.3 Å². The Bertz CT molecular complexity index is 83.6. The normalized spacial score (nSPS) is 16.9. The van der Waals surface area contributed by atoms with Crippen LogP contribution in [-0.2, 0) is 0 Å². The highest BCUT2D eigenvalue weighted by Crippen LogP contribution is 2.19. The van der Waals surface area contributed by atoms with Crippen molar-refractivity contribution in [2.45, 2.75) is 46.3 Å². The molecule has 0 saturated heterocycles. The predicted octanol–water partition coefficient (Wildman–Crippen LogP) is 1.73. The first-order valence-corrected chi connectivity index (χ1v) is 4.53. The van der Waals surface area contributed by atoms with Crippen LogP contribution in [0.1, 0.15) is 40.0 Å². The van der Waals surface area contributed by atoms with Gasteiger partial charge in [0, 0.05) is 5.92 Å². The predicted molar refractivity (Wildman–Crippen MR) is 48.0 cm³/mol. The van der Waals surface area contributed by atoms with Crippen LogP contribution < -0.4 is 5.73 Å². The van der Waals surface area contributed by atoms with E-state index in [1.807, 2.05) is 0 Å². The second-order valence-electron chi connectivity index (χ2n) is 3.54. The molecule has 11 heavy (non-hydrogen) atoms. The molecule has 0 rings (SSSR count). The van der Waals surface area contributed by atoms with Gasteiger partial charge in [0.25, 0.3) is 0 Å². The summed E-state index contributed by atoms with van der Waals surface area (Å²) in [6.45, 7) is 6.37. The van der Waals surface area contributed by atoms with Gasteiger partial charge in [0.1, 0.15) is 6.23 Å². The molecule has 0 fully saturated rings. The van der Waals surface area contributed by atoms with Gasteiger partial charge in [-0.2, -0.15) is 0 Å². The van der Waals surface area contributed by atoms with E-state index in [-0.39, 0.29) is 5.92 Å². The molecule has 0 aromatic rings. The third kappa shape index (κ3) is 4.38. The molecule has 2 unspecified atom stereocenters. The molecule has 0 spiro atoms. The second kappa shape index (κ2) is 5.56. The quantitative estimate of drug-likeness (QED) is 0.600. The van der Waals surface area contributed by atoms with Gasteiger partial charge in [-0.1, -0.05) is 33.6 Å². The Hall–Kier alpha value is -0.0800. The fraction of sp³-hybridized carbons (Fsp3) is 1.00. The first-order chi connectivity index (χ1) is 5.09. The molecule has 68 valence electrons. The number of aliphatic hydroxyl groups is 1. The average molecular weight is 159 g/mol. The SMILES string of the molecule is CCCCC(C(C)C)C(N)O. The lowest BCUT2D eigenvalue weighted by Gasteiger charge is -2.22. The van der Waals surface area contributed by atoms with Gasteiger partial charge in [-0.3, -0.25) is 0 Å². The van der Waals surface area contributed by atoms with Gasteiger partial charge in [0.2, 0.25) is 0 Å². The van der Waals surface area contributed by atoms with Crippen molar-refractivity contribution in [3.63, 3.8) is 0 Å². The maximum Gasteiger partial charge on any atom is 0.105 e. The molecule has 0 aliphatic carbocycles. The lowest BCUT2D eigenvalue weighted by molar-refractivity contribution is 0.0802. The second-order valence-corrected chi connectivity index (χ2v) is 3.54. The van der Waals surface area contributed by atoms with Crippen molar-refractivity contribution < 1.29 is 5.11 Å². The average Bonchev–Trinajstić information content (AvgIpc) is 1.87. The Labute approximate surface area is 69.8 Å². The summed E-state index contributed by atoms with van der Waals surface area (Å²) in [5.74, 6) is 0.761. The first-order valence-electron chi connectivity index (χ1n) is 4.53. The van der Waals surface area contributed by atoms with E-state index in [1.54, 1.807) is 0 Å². The van der Waals surface area contributed by atoms with E-state index in [0.29, 0.717) is 5.92 Å². The smallest absolute Gasteiger partial charge is 0.105 e. The van der Waals surface area contributed by atoms with Crippen molar-refractivity contribution in [2.24, 2.45) is 17.6 Å². The molecule has 0 aromatic heterocycles. The number of unbranched alkanes of at least 4 members (excludes halogenated alkanes) is 1. The fourth-order valence-corrected chi connectivity index (χ4v) is 1.34. The summed E-state index contributed by atoms with van der Waals surface area (Å²) in [6.07, 6.45) is 2.75. The van der Waals surface area contributed by atoms with E-state index in [1.165, 1.54) is 6.42 Å². The lowest BCUT2D eigenvalue weighted by Crippen LogP contribution is -2.32. The maximum atomic E-state index is 9.19. The number of aliphatic hydroxyl groups excluding tert-OH is 1. The van der Waals surface area contributed by atoms with Crippen molar-refractivity contribution in [2.75, 3.05) is 0 Å². The van der Waals surface area contributed by atoms with E-state index in [4.69, 9.17) is 5.73 Å². The Morgan fingerprint density at radius 2 is 1.91 bits per heavy atom. The van der Waals surface area contributed by atoms with Crippen molar-refractivity contribution >= 4 is 0 Å². The molecule has 0 heterocycles. The van der Waals surface area contributed by atoms with Crippen LogP contribution in [-0.4, -0.2) is 11.3 Å². The number of rotatable bonds is 5. The summed E-state index contributed by atoms with van der Waals surface area (Å²) >= 11 is 0. The van der Waals surface area contributed by atoms with Gasteiger partial charge >= 0.3 is 0 Å². The highest BCUT2D eigenvalue weighted by Gasteiger charge is 2.17. The fourth-order valence-electron chi connectivity index (χ4n) is 1.34. The molecular weight excluding hydrogens is 138 g/mol. The minimum atomic E-state index is -0.637. The van der Waals surface area contributed by atoms with E-state index >= 15 is 0 Å². The molecule has 0 saturated carbocycles. The third-order valence-corrected chi connectivity index (χ3v) is 2.19. The number of hydrogen-bond acceptors (Lipinski definition) is 2. The van der Waals surface area contributed by atoms with Crippen LogP contribution in [0.2, 0.25) is 0 Å². The summed E-state index contributed by atoms with van der Waals surface area (Å²) in [4.78, 5) is 0. The Balaban J connectivity index is 3.70. The molecule has 0 radical (unpaired) electrons. The lowest BCUT2D eigenvalue weighted by atomic mass is 9.89. The Morgan fingerprint density at radius 3 is 2.18 bits per heavy atom. The highest BCUT2D eigenvalue weighted by molar-refractivity contribution is 4.67. The summed E-state index contributed by atoms with van der Waals surface area (Å²) in [6, 6.07) is 0. The monoisotopic (exact) mass is 159 g/mol. The minimum absolute atomic E-state index is 0.273. The van der Waals surface area contributed by atoms with Gasteiger partial charge < -0.3 is 10.8 Å². The summed E-state index contributed by atoms with van der Waals surface area (Å²) in [5.41, 5.74) is 5.43. The molecule has 0 aliphatic rings. The number of nitrogens with two attached hydrogens (primary N) is 1. The van der Waals surface area contributed by atoms with Crippen LogP contribution in [0.3, 0.4) is 0 Å². The number of hydrogen-bond donors (Lipinski definition) is 2. The van der Waals surface area contributed by atoms with E-state index in [0.717, 1.165) is 12.8 Å². The Kier molecular flexibility index (Phi) is 5.51. The molecule has 2 heteroatoms. The standard InChI is InChI=1S/C9H21NO/c1-4-5-6-8(7(2)3)9(10)11/h7-9,11H,4-6,10H2,1-3H3. The van der Waals surface area contributed by atoms with Crippen molar-refractivity contribution in [1.29, 1.82) is 0 Å². The largest absolute Gasteiger partial charge is 0.379 e.